The van der Waals surface area contributed by atoms with Crippen molar-refractivity contribution in [2.45, 2.75) is 49.3 Å². The Morgan fingerprint density at radius 2 is 2.00 bits per heavy atom. The molecule has 0 amide bonds. The number of anilines is 1. The maximum atomic E-state index is 13.6. The van der Waals surface area contributed by atoms with Crippen LogP contribution in [0, 0.1) is 0 Å². The van der Waals surface area contributed by atoms with E-state index in [4.69, 9.17) is 4.74 Å². The average Bonchev–Trinajstić information content (AvgIpc) is 3.36. The Balaban J connectivity index is 1.75. The summed E-state index contributed by atoms with van der Waals surface area (Å²) in [6.45, 7) is -0.148. The fraction of sp³-hybridized carbons (Fsp3) is 0.375. The summed E-state index contributed by atoms with van der Waals surface area (Å²) < 4.78 is 78.7. The van der Waals surface area contributed by atoms with Gasteiger partial charge in [0.1, 0.15) is 11.9 Å². The minimum atomic E-state index is -4.68. The third-order valence-corrected chi connectivity index (χ3v) is 7.73. The molecule has 0 aromatic heterocycles. The van der Waals surface area contributed by atoms with Gasteiger partial charge in [0.25, 0.3) is 10.0 Å². The molecule has 1 atom stereocenters. The molecule has 0 saturated carbocycles. The van der Waals surface area contributed by atoms with Crippen molar-refractivity contribution in [3.8, 4) is 5.75 Å². The van der Waals surface area contributed by atoms with Crippen LogP contribution in [0.5, 0.6) is 5.75 Å². The summed E-state index contributed by atoms with van der Waals surface area (Å²) in [7, 11) is -3.10. The molecule has 0 saturated heterocycles. The second-order valence-electron chi connectivity index (χ2n) is 8.22. The van der Waals surface area contributed by atoms with Crippen molar-refractivity contribution >= 4 is 27.3 Å². The Kier molecular flexibility index (Phi) is 6.62. The minimum Gasteiger partial charge on any atom is -0.486 e. The molecule has 6 nitrogen and oxygen atoms in total. The van der Waals surface area contributed by atoms with Crippen molar-refractivity contribution < 1.29 is 35.9 Å². The zero-order valence-corrected chi connectivity index (χ0v) is 19.3. The number of rotatable bonds is 6. The van der Waals surface area contributed by atoms with E-state index in [2.05, 4.69) is 10.8 Å². The van der Waals surface area contributed by atoms with Crippen molar-refractivity contribution in [1.82, 2.24) is 0 Å². The van der Waals surface area contributed by atoms with Crippen LogP contribution in [0.1, 0.15) is 43.2 Å². The Bertz CT molecular complexity index is 1220. The van der Waals surface area contributed by atoms with Crippen LogP contribution in [-0.4, -0.2) is 34.1 Å². The molecule has 0 bridgehead atoms. The predicted octanol–water partition coefficient (Wildman–Crippen LogP) is 5.18. The normalized spacial score (nSPS) is 18.2. The zero-order valence-electron chi connectivity index (χ0n) is 18.5. The number of allylic oxidation sites excluding steroid dienone is 2. The van der Waals surface area contributed by atoms with E-state index in [0.29, 0.717) is 11.8 Å². The van der Waals surface area contributed by atoms with E-state index in [9.17, 15) is 26.4 Å². The molecule has 1 aliphatic heterocycles. The molecule has 182 valence electrons. The summed E-state index contributed by atoms with van der Waals surface area (Å²) in [5.41, 5.74) is 1.15. The van der Waals surface area contributed by atoms with Gasteiger partial charge in [-0.3, -0.25) is 9.10 Å². The number of fused-ring (bicyclic) bond motifs is 1. The van der Waals surface area contributed by atoms with Crippen LogP contribution in [0.2, 0.25) is 0 Å². The summed E-state index contributed by atoms with van der Waals surface area (Å²) in [6.07, 6.45) is -0.261. The van der Waals surface area contributed by atoms with Crippen LogP contribution in [0.15, 0.2) is 53.4 Å². The summed E-state index contributed by atoms with van der Waals surface area (Å²) in [6, 6.07) is 8.90. The first kappa shape index (κ1) is 24.1. The maximum Gasteiger partial charge on any atom is 0.416 e. The number of methoxy groups -OCH3 is 1. The van der Waals surface area contributed by atoms with Gasteiger partial charge in [-0.1, -0.05) is 18.2 Å². The SMILES string of the molecule is COC(=O)CC[C@H]1CN(S(=O)(=O)c2cccc(C(F)(F)F)c2)c2cc(C3=CCCC3)ccc2O1. The van der Waals surface area contributed by atoms with Gasteiger partial charge in [0.15, 0.2) is 0 Å². The van der Waals surface area contributed by atoms with Gasteiger partial charge in [0.2, 0.25) is 0 Å². The molecular weight excluding hydrogens is 471 g/mol. The Morgan fingerprint density at radius 1 is 1.21 bits per heavy atom. The summed E-state index contributed by atoms with van der Waals surface area (Å²) >= 11 is 0. The number of benzene rings is 2. The minimum absolute atomic E-state index is 0.0128. The first-order valence-corrected chi connectivity index (χ1v) is 12.3. The highest BCUT2D eigenvalue weighted by atomic mass is 32.2. The first-order valence-electron chi connectivity index (χ1n) is 10.9. The van der Waals surface area contributed by atoms with Crippen molar-refractivity contribution in [2.24, 2.45) is 0 Å². The van der Waals surface area contributed by atoms with Gasteiger partial charge in [-0.15, -0.1) is 0 Å². The summed E-state index contributed by atoms with van der Waals surface area (Å²) in [5, 5.41) is 0. The monoisotopic (exact) mass is 495 g/mol. The van der Waals surface area contributed by atoms with E-state index < -0.39 is 38.7 Å². The topological polar surface area (TPSA) is 72.9 Å². The first-order chi connectivity index (χ1) is 16.1. The number of carbonyl (C=O) groups is 1. The highest BCUT2D eigenvalue weighted by molar-refractivity contribution is 7.92. The third kappa shape index (κ3) is 4.91. The lowest BCUT2D eigenvalue weighted by atomic mass is 10.0. The number of alkyl halides is 3. The van der Waals surface area contributed by atoms with E-state index >= 15 is 0 Å². The van der Waals surface area contributed by atoms with Gasteiger partial charge in [0, 0.05) is 6.42 Å². The molecule has 1 aliphatic carbocycles. The zero-order chi connectivity index (χ0) is 24.5. The highest BCUT2D eigenvalue weighted by Gasteiger charge is 2.37. The Hall–Kier alpha value is -3.01. The lowest BCUT2D eigenvalue weighted by Gasteiger charge is -2.36. The van der Waals surface area contributed by atoms with Gasteiger partial charge in [-0.05, 0) is 67.2 Å². The van der Waals surface area contributed by atoms with Crippen molar-refractivity contribution in [3.05, 3.63) is 59.7 Å². The predicted molar refractivity (Wildman–Crippen MR) is 120 cm³/mol. The lowest BCUT2D eigenvalue weighted by molar-refractivity contribution is -0.141. The molecule has 2 aromatic rings. The quantitative estimate of drug-likeness (QED) is 0.517. The fourth-order valence-electron chi connectivity index (χ4n) is 4.16. The van der Waals surface area contributed by atoms with Crippen LogP contribution >= 0.6 is 0 Å². The maximum absolute atomic E-state index is 13.6. The number of esters is 1. The number of hydrogen-bond acceptors (Lipinski definition) is 5. The average molecular weight is 496 g/mol. The number of carbonyl (C=O) groups excluding carboxylic acids is 1. The second-order valence-corrected chi connectivity index (χ2v) is 10.1. The number of sulfonamides is 1. The molecule has 0 radical (unpaired) electrons. The van der Waals surface area contributed by atoms with Crippen molar-refractivity contribution in [2.75, 3.05) is 18.0 Å². The molecule has 0 unspecified atom stereocenters. The molecular formula is C24H24F3NO5S. The van der Waals surface area contributed by atoms with E-state index in [-0.39, 0.29) is 25.1 Å². The highest BCUT2D eigenvalue weighted by Crippen LogP contribution is 2.41. The largest absolute Gasteiger partial charge is 0.486 e. The third-order valence-electron chi connectivity index (χ3n) is 5.95. The van der Waals surface area contributed by atoms with E-state index in [1.165, 1.54) is 7.11 Å². The van der Waals surface area contributed by atoms with Gasteiger partial charge in [-0.2, -0.15) is 13.2 Å². The van der Waals surface area contributed by atoms with E-state index in [1.54, 1.807) is 12.1 Å². The van der Waals surface area contributed by atoms with Crippen LogP contribution in [0.4, 0.5) is 18.9 Å². The summed E-state index contributed by atoms with van der Waals surface area (Å²) in [5.74, 6) is -0.177. The van der Waals surface area contributed by atoms with Gasteiger partial charge in [0.05, 0.1) is 29.8 Å². The van der Waals surface area contributed by atoms with Crippen molar-refractivity contribution in [3.63, 3.8) is 0 Å². The molecule has 4 rings (SSSR count). The van der Waals surface area contributed by atoms with Crippen LogP contribution in [0.3, 0.4) is 0 Å². The Labute approximate surface area is 196 Å². The fourth-order valence-corrected chi connectivity index (χ4v) is 5.71. The molecule has 0 spiro atoms. The number of hydrogen-bond donors (Lipinski definition) is 0. The molecule has 2 aliphatic rings. The van der Waals surface area contributed by atoms with Crippen LogP contribution in [-0.2, 0) is 25.7 Å². The van der Waals surface area contributed by atoms with Gasteiger partial charge >= 0.3 is 12.1 Å². The van der Waals surface area contributed by atoms with Crippen LogP contribution in [0.25, 0.3) is 5.57 Å². The standard InChI is InChI=1S/C24H24F3NO5S/c1-32-23(29)12-10-19-15-28(34(30,31)20-8-4-7-18(14-20)24(25,26)27)21-13-17(9-11-22(21)33-19)16-5-2-3-6-16/h4-5,7-9,11,13-14,19H,2-3,6,10,12,15H2,1H3/t19-/m0/s1. The summed E-state index contributed by atoms with van der Waals surface area (Å²) in [4.78, 5) is 11.1. The van der Waals surface area contributed by atoms with Crippen molar-refractivity contribution in [1.29, 1.82) is 0 Å². The van der Waals surface area contributed by atoms with Crippen LogP contribution < -0.4 is 9.04 Å². The molecule has 0 N–H and O–H groups in total. The van der Waals surface area contributed by atoms with E-state index in [1.807, 2.05) is 6.07 Å². The Morgan fingerprint density at radius 3 is 2.68 bits per heavy atom. The van der Waals surface area contributed by atoms with Gasteiger partial charge in [-0.25, -0.2) is 8.42 Å². The molecule has 34 heavy (non-hydrogen) atoms. The number of nitrogens with zero attached hydrogens (tertiary/aromatic N) is 1. The number of ether oxygens (including phenoxy) is 2. The smallest absolute Gasteiger partial charge is 0.416 e. The lowest BCUT2D eigenvalue weighted by Crippen LogP contribution is -2.43. The van der Waals surface area contributed by atoms with Gasteiger partial charge < -0.3 is 9.47 Å². The molecule has 2 aromatic carbocycles. The second kappa shape index (κ2) is 9.32. The molecule has 10 heteroatoms. The number of halogens is 3. The molecule has 0 fully saturated rings. The molecule has 1 heterocycles. The van der Waals surface area contributed by atoms with E-state index in [0.717, 1.165) is 52.9 Å².